The standard InChI is InChI=1S/C30H18Cl3N3O2S/c31-18-9-10-23(32)17(13-18)14-19-16-34-30(39-19)36-29(37)22-15-26(35-25-8-4-2-5-20(22)25)28-12-11-27(38-28)21-6-1-3-7-24(21)33/h1-13,15-16H,14H2,(H,34,36,37). The summed E-state index contributed by atoms with van der Waals surface area (Å²) in [5.41, 5.74) is 3.34. The van der Waals surface area contributed by atoms with Crippen LogP contribution in [0.25, 0.3) is 33.7 Å². The number of aromatic nitrogens is 2. The summed E-state index contributed by atoms with van der Waals surface area (Å²) in [5, 5.41) is 5.97. The van der Waals surface area contributed by atoms with Gasteiger partial charge in [0, 0.05) is 38.5 Å². The van der Waals surface area contributed by atoms with Gasteiger partial charge in [0.05, 0.1) is 16.1 Å². The molecule has 3 aromatic heterocycles. The molecule has 0 aliphatic heterocycles. The molecule has 0 saturated carbocycles. The fourth-order valence-electron chi connectivity index (χ4n) is 4.25. The van der Waals surface area contributed by atoms with E-state index in [4.69, 9.17) is 44.2 Å². The Hall–Kier alpha value is -3.68. The van der Waals surface area contributed by atoms with Crippen molar-refractivity contribution in [3.63, 3.8) is 0 Å². The Kier molecular flexibility index (Phi) is 7.11. The monoisotopic (exact) mass is 589 g/mol. The van der Waals surface area contributed by atoms with Gasteiger partial charge in [0.15, 0.2) is 10.9 Å². The summed E-state index contributed by atoms with van der Waals surface area (Å²) in [5.74, 6) is 0.848. The second-order valence-corrected chi connectivity index (χ2v) is 11.1. The number of pyridine rings is 1. The summed E-state index contributed by atoms with van der Waals surface area (Å²) >= 11 is 20.2. The lowest BCUT2D eigenvalue weighted by Crippen LogP contribution is -2.12. The van der Waals surface area contributed by atoms with Crippen molar-refractivity contribution in [2.24, 2.45) is 0 Å². The van der Waals surface area contributed by atoms with Crippen LogP contribution in [0.1, 0.15) is 20.8 Å². The fraction of sp³-hybridized carbons (Fsp3) is 0.0333. The lowest BCUT2D eigenvalue weighted by atomic mass is 10.1. The molecule has 9 heteroatoms. The van der Waals surface area contributed by atoms with Gasteiger partial charge in [0.2, 0.25) is 0 Å². The molecular formula is C30H18Cl3N3O2S. The summed E-state index contributed by atoms with van der Waals surface area (Å²) in [7, 11) is 0. The van der Waals surface area contributed by atoms with Crippen molar-refractivity contribution in [2.45, 2.75) is 6.42 Å². The zero-order chi connectivity index (χ0) is 26.9. The fourth-order valence-corrected chi connectivity index (χ4v) is 5.69. The van der Waals surface area contributed by atoms with Gasteiger partial charge in [-0.3, -0.25) is 10.1 Å². The van der Waals surface area contributed by atoms with E-state index in [0.717, 1.165) is 21.4 Å². The van der Waals surface area contributed by atoms with Gasteiger partial charge in [-0.25, -0.2) is 9.97 Å². The van der Waals surface area contributed by atoms with Crippen LogP contribution in [0.2, 0.25) is 15.1 Å². The number of halogens is 3. The smallest absolute Gasteiger partial charge is 0.258 e. The van der Waals surface area contributed by atoms with Crippen LogP contribution in [0.3, 0.4) is 0 Å². The third-order valence-electron chi connectivity index (χ3n) is 6.11. The number of nitrogens with zero attached hydrogens (tertiary/aromatic N) is 2. The number of carbonyl (C=O) groups is 1. The SMILES string of the molecule is O=C(Nc1ncc(Cc2cc(Cl)ccc2Cl)s1)c1cc(-c2ccc(-c3ccccc3Cl)o2)nc2ccccc12. The molecule has 1 N–H and O–H groups in total. The van der Waals surface area contributed by atoms with E-state index in [0.29, 0.717) is 54.9 Å². The highest BCUT2D eigenvalue weighted by Crippen LogP contribution is 2.34. The van der Waals surface area contributed by atoms with Crippen LogP contribution in [0.5, 0.6) is 0 Å². The third kappa shape index (κ3) is 5.42. The van der Waals surface area contributed by atoms with E-state index in [9.17, 15) is 4.79 Å². The average molecular weight is 591 g/mol. The minimum absolute atomic E-state index is 0.297. The van der Waals surface area contributed by atoms with Crippen LogP contribution in [0, 0.1) is 0 Å². The van der Waals surface area contributed by atoms with Gasteiger partial charge in [-0.05, 0) is 60.2 Å². The van der Waals surface area contributed by atoms with E-state index in [-0.39, 0.29) is 5.91 Å². The van der Waals surface area contributed by atoms with E-state index in [1.54, 1.807) is 24.4 Å². The first-order valence-corrected chi connectivity index (χ1v) is 13.8. The third-order valence-corrected chi connectivity index (χ3v) is 7.95. The highest BCUT2D eigenvalue weighted by atomic mass is 35.5. The number of thiazole rings is 1. The zero-order valence-electron chi connectivity index (χ0n) is 20.1. The second kappa shape index (κ2) is 10.8. The Labute approximate surface area is 243 Å². The molecule has 0 atom stereocenters. The first-order chi connectivity index (χ1) is 18.9. The zero-order valence-corrected chi connectivity index (χ0v) is 23.2. The van der Waals surface area contributed by atoms with Crippen LogP contribution < -0.4 is 5.32 Å². The number of amides is 1. The summed E-state index contributed by atoms with van der Waals surface area (Å²) in [6.45, 7) is 0. The van der Waals surface area contributed by atoms with Crippen molar-refractivity contribution in [1.82, 2.24) is 9.97 Å². The van der Waals surface area contributed by atoms with E-state index >= 15 is 0 Å². The number of carbonyl (C=O) groups excluding carboxylic acids is 1. The Morgan fingerprint density at radius 1 is 0.872 bits per heavy atom. The molecule has 5 nitrogen and oxygen atoms in total. The maximum absolute atomic E-state index is 13.5. The molecule has 192 valence electrons. The first kappa shape index (κ1) is 25.6. The minimum Gasteiger partial charge on any atom is -0.454 e. The van der Waals surface area contributed by atoms with Crippen molar-refractivity contribution in [3.8, 4) is 22.8 Å². The summed E-state index contributed by atoms with van der Waals surface area (Å²) in [4.78, 5) is 23.6. The number of nitrogens with one attached hydrogen (secondary N) is 1. The van der Waals surface area contributed by atoms with E-state index < -0.39 is 0 Å². The van der Waals surface area contributed by atoms with E-state index in [1.807, 2.05) is 66.7 Å². The number of furan rings is 1. The molecule has 3 aromatic carbocycles. The molecule has 6 aromatic rings. The average Bonchev–Trinajstić information content (AvgIpc) is 3.60. The molecule has 0 unspecified atom stereocenters. The summed E-state index contributed by atoms with van der Waals surface area (Å²) in [6, 6.07) is 25.7. The Bertz CT molecular complexity index is 1850. The lowest BCUT2D eigenvalue weighted by Gasteiger charge is -2.08. The lowest BCUT2D eigenvalue weighted by molar-refractivity contribution is 0.102. The maximum Gasteiger partial charge on any atom is 0.258 e. The van der Waals surface area contributed by atoms with Gasteiger partial charge in [0.25, 0.3) is 5.91 Å². The minimum atomic E-state index is -0.297. The topological polar surface area (TPSA) is 68.0 Å². The maximum atomic E-state index is 13.5. The number of rotatable bonds is 6. The normalized spacial score (nSPS) is 11.2. The number of hydrogen-bond donors (Lipinski definition) is 1. The predicted molar refractivity (Wildman–Crippen MR) is 159 cm³/mol. The van der Waals surface area contributed by atoms with Gasteiger partial charge in [0.1, 0.15) is 11.5 Å². The van der Waals surface area contributed by atoms with Crippen LogP contribution >= 0.6 is 46.1 Å². The molecule has 6 rings (SSSR count). The van der Waals surface area contributed by atoms with Crippen LogP contribution in [-0.4, -0.2) is 15.9 Å². The molecule has 0 aliphatic rings. The van der Waals surface area contributed by atoms with Crippen molar-refractivity contribution in [1.29, 1.82) is 0 Å². The molecule has 3 heterocycles. The quantitative estimate of drug-likeness (QED) is 0.210. The van der Waals surface area contributed by atoms with Crippen LogP contribution in [0.4, 0.5) is 5.13 Å². The van der Waals surface area contributed by atoms with Gasteiger partial charge in [-0.1, -0.05) is 65.1 Å². The van der Waals surface area contributed by atoms with E-state index in [1.165, 1.54) is 11.3 Å². The Morgan fingerprint density at radius 2 is 1.67 bits per heavy atom. The molecular weight excluding hydrogens is 573 g/mol. The molecule has 1 amide bonds. The van der Waals surface area contributed by atoms with Crippen LogP contribution in [0.15, 0.2) is 95.5 Å². The van der Waals surface area contributed by atoms with Gasteiger partial charge >= 0.3 is 0 Å². The Morgan fingerprint density at radius 3 is 2.54 bits per heavy atom. The molecule has 0 radical (unpaired) electrons. The molecule has 0 fully saturated rings. The summed E-state index contributed by atoms with van der Waals surface area (Å²) < 4.78 is 6.11. The predicted octanol–water partition coefficient (Wildman–Crippen LogP) is 9.42. The largest absolute Gasteiger partial charge is 0.454 e. The molecule has 0 saturated heterocycles. The number of para-hydroxylation sites is 1. The van der Waals surface area contributed by atoms with E-state index in [2.05, 4.69) is 10.3 Å². The highest BCUT2D eigenvalue weighted by molar-refractivity contribution is 7.15. The molecule has 0 aliphatic carbocycles. The van der Waals surface area contributed by atoms with Crippen LogP contribution in [-0.2, 0) is 6.42 Å². The van der Waals surface area contributed by atoms with Gasteiger partial charge in [-0.2, -0.15) is 0 Å². The Balaban J connectivity index is 1.30. The number of fused-ring (bicyclic) bond motifs is 1. The highest BCUT2D eigenvalue weighted by Gasteiger charge is 2.18. The molecule has 0 spiro atoms. The van der Waals surface area contributed by atoms with Crippen molar-refractivity contribution >= 4 is 68.1 Å². The van der Waals surface area contributed by atoms with Crippen molar-refractivity contribution < 1.29 is 9.21 Å². The van der Waals surface area contributed by atoms with Crippen molar-refractivity contribution in [3.05, 3.63) is 122 Å². The van der Waals surface area contributed by atoms with Gasteiger partial charge in [-0.15, -0.1) is 11.3 Å². The van der Waals surface area contributed by atoms with Gasteiger partial charge < -0.3 is 4.42 Å². The second-order valence-electron chi connectivity index (χ2n) is 8.71. The summed E-state index contributed by atoms with van der Waals surface area (Å²) in [6.07, 6.45) is 2.29. The molecule has 39 heavy (non-hydrogen) atoms. The first-order valence-electron chi connectivity index (χ1n) is 11.9. The number of benzene rings is 3. The van der Waals surface area contributed by atoms with Crippen molar-refractivity contribution in [2.75, 3.05) is 5.32 Å². The number of anilines is 1. The number of hydrogen-bond acceptors (Lipinski definition) is 5. The molecule has 0 bridgehead atoms.